The number of para-hydroxylation sites is 1. The van der Waals surface area contributed by atoms with Crippen molar-refractivity contribution in [2.24, 2.45) is 7.05 Å². The summed E-state index contributed by atoms with van der Waals surface area (Å²) in [6, 6.07) is 8.96. The van der Waals surface area contributed by atoms with E-state index in [1.54, 1.807) is 17.7 Å². The summed E-state index contributed by atoms with van der Waals surface area (Å²) in [5.41, 5.74) is 0.0298. The van der Waals surface area contributed by atoms with Crippen LogP contribution in [0.5, 0.6) is 0 Å². The zero-order valence-electron chi connectivity index (χ0n) is 10.8. The van der Waals surface area contributed by atoms with Gasteiger partial charge in [-0.2, -0.15) is 13.2 Å². The second kappa shape index (κ2) is 4.73. The van der Waals surface area contributed by atoms with E-state index in [0.29, 0.717) is 11.9 Å². The molecule has 3 rings (SSSR count). The summed E-state index contributed by atoms with van der Waals surface area (Å²) in [5.74, 6) is 0. The Bertz CT molecular complexity index is 824. The molecule has 0 fully saturated rings. The van der Waals surface area contributed by atoms with Gasteiger partial charge in [0.05, 0.1) is 5.69 Å². The number of aromatic nitrogens is 3. The Labute approximate surface area is 123 Å². The van der Waals surface area contributed by atoms with E-state index in [1.165, 1.54) is 0 Å². The number of aryl methyl sites for hydroxylation is 1. The SMILES string of the molecule is Cn1c(-c2nc(Cl)ncc2C(F)(F)F)cc2ccccc21. The first-order valence-corrected chi connectivity index (χ1v) is 6.40. The summed E-state index contributed by atoms with van der Waals surface area (Å²) in [4.78, 5) is 7.22. The number of hydrogen-bond acceptors (Lipinski definition) is 2. The third-order valence-electron chi connectivity index (χ3n) is 3.26. The molecule has 0 saturated carbocycles. The van der Waals surface area contributed by atoms with Crippen molar-refractivity contribution in [3.05, 3.63) is 47.4 Å². The van der Waals surface area contributed by atoms with Crippen LogP contribution in [0.25, 0.3) is 22.3 Å². The highest BCUT2D eigenvalue weighted by molar-refractivity contribution is 6.28. The molecule has 7 heteroatoms. The first-order chi connectivity index (χ1) is 9.88. The summed E-state index contributed by atoms with van der Waals surface area (Å²) in [6.45, 7) is 0. The van der Waals surface area contributed by atoms with Crippen LogP contribution < -0.4 is 0 Å². The quantitative estimate of drug-likeness (QED) is 0.627. The van der Waals surface area contributed by atoms with Gasteiger partial charge in [-0.25, -0.2) is 9.97 Å². The zero-order chi connectivity index (χ0) is 15.2. The van der Waals surface area contributed by atoms with Crippen molar-refractivity contribution in [1.29, 1.82) is 0 Å². The van der Waals surface area contributed by atoms with Crippen molar-refractivity contribution in [1.82, 2.24) is 14.5 Å². The summed E-state index contributed by atoms with van der Waals surface area (Å²) >= 11 is 5.67. The Morgan fingerprint density at radius 3 is 2.57 bits per heavy atom. The van der Waals surface area contributed by atoms with Crippen molar-refractivity contribution in [3.63, 3.8) is 0 Å². The molecule has 0 aliphatic rings. The van der Waals surface area contributed by atoms with E-state index in [9.17, 15) is 13.2 Å². The van der Waals surface area contributed by atoms with Gasteiger partial charge in [0.25, 0.3) is 0 Å². The maximum Gasteiger partial charge on any atom is 0.420 e. The van der Waals surface area contributed by atoms with Gasteiger partial charge in [-0.1, -0.05) is 18.2 Å². The molecule has 0 atom stereocenters. The van der Waals surface area contributed by atoms with E-state index >= 15 is 0 Å². The Morgan fingerprint density at radius 2 is 1.90 bits per heavy atom. The molecule has 0 aliphatic heterocycles. The fourth-order valence-electron chi connectivity index (χ4n) is 2.28. The van der Waals surface area contributed by atoms with Gasteiger partial charge in [-0.15, -0.1) is 0 Å². The smallest absolute Gasteiger partial charge is 0.342 e. The van der Waals surface area contributed by atoms with E-state index in [1.807, 2.05) is 24.3 Å². The van der Waals surface area contributed by atoms with Gasteiger partial charge in [0.2, 0.25) is 5.28 Å². The number of benzene rings is 1. The minimum absolute atomic E-state index is 0.219. The Morgan fingerprint density at radius 1 is 1.19 bits per heavy atom. The van der Waals surface area contributed by atoms with Crippen molar-refractivity contribution < 1.29 is 13.2 Å². The highest BCUT2D eigenvalue weighted by Gasteiger charge is 2.36. The molecule has 108 valence electrons. The third-order valence-corrected chi connectivity index (χ3v) is 3.44. The molecule has 3 nitrogen and oxygen atoms in total. The number of hydrogen-bond donors (Lipinski definition) is 0. The van der Waals surface area contributed by atoms with Gasteiger partial charge in [-0.3, -0.25) is 0 Å². The second-order valence-corrected chi connectivity index (χ2v) is 4.88. The summed E-state index contributed by atoms with van der Waals surface area (Å²) in [7, 11) is 1.69. The maximum atomic E-state index is 13.1. The number of alkyl halides is 3. The van der Waals surface area contributed by atoms with Crippen LogP contribution in [0, 0.1) is 0 Å². The number of halogens is 4. The highest BCUT2D eigenvalue weighted by Crippen LogP contribution is 2.37. The lowest BCUT2D eigenvalue weighted by atomic mass is 10.1. The Balaban J connectivity index is 2.32. The van der Waals surface area contributed by atoms with E-state index in [2.05, 4.69) is 9.97 Å². The van der Waals surface area contributed by atoms with Crippen LogP contribution in [0.2, 0.25) is 5.28 Å². The molecule has 3 aromatic rings. The average Bonchev–Trinajstić information content (AvgIpc) is 2.75. The predicted molar refractivity (Wildman–Crippen MR) is 74.0 cm³/mol. The zero-order valence-corrected chi connectivity index (χ0v) is 11.6. The largest absolute Gasteiger partial charge is 0.420 e. The van der Waals surface area contributed by atoms with Gasteiger partial charge in [0.15, 0.2) is 0 Å². The molecular formula is C14H9ClF3N3. The monoisotopic (exact) mass is 311 g/mol. The van der Waals surface area contributed by atoms with Gasteiger partial charge in [-0.05, 0) is 23.7 Å². The van der Waals surface area contributed by atoms with E-state index in [0.717, 1.165) is 10.9 Å². The summed E-state index contributed by atoms with van der Waals surface area (Å²) < 4.78 is 41.0. The number of fused-ring (bicyclic) bond motifs is 1. The van der Waals surface area contributed by atoms with E-state index in [4.69, 9.17) is 11.6 Å². The van der Waals surface area contributed by atoms with Crippen molar-refractivity contribution in [3.8, 4) is 11.4 Å². The molecule has 0 saturated heterocycles. The van der Waals surface area contributed by atoms with E-state index < -0.39 is 11.7 Å². The molecule has 0 bridgehead atoms. The molecular weight excluding hydrogens is 303 g/mol. The fourth-order valence-corrected chi connectivity index (χ4v) is 2.41. The fraction of sp³-hybridized carbons (Fsp3) is 0.143. The number of rotatable bonds is 1. The normalized spacial score (nSPS) is 12.0. The molecule has 1 aromatic carbocycles. The molecule has 2 aromatic heterocycles. The van der Waals surface area contributed by atoms with Gasteiger partial charge in [0, 0.05) is 24.1 Å². The summed E-state index contributed by atoms with van der Waals surface area (Å²) in [5, 5.41) is 0.612. The molecule has 21 heavy (non-hydrogen) atoms. The van der Waals surface area contributed by atoms with Crippen LogP contribution in [0.15, 0.2) is 36.5 Å². The lowest BCUT2D eigenvalue weighted by molar-refractivity contribution is -0.137. The highest BCUT2D eigenvalue weighted by atomic mass is 35.5. The van der Waals surface area contributed by atoms with Crippen LogP contribution in [-0.2, 0) is 13.2 Å². The Kier molecular flexibility index (Phi) is 3.13. The molecule has 2 heterocycles. The van der Waals surface area contributed by atoms with Gasteiger partial charge < -0.3 is 4.57 Å². The molecule has 0 radical (unpaired) electrons. The lowest BCUT2D eigenvalue weighted by Crippen LogP contribution is -2.10. The standard InChI is InChI=1S/C14H9ClF3N3/c1-21-10-5-3-2-4-8(10)6-11(21)12-9(14(16,17)18)7-19-13(15)20-12/h2-7H,1H3. The Hall–Kier alpha value is -2.08. The minimum atomic E-state index is -4.55. The van der Waals surface area contributed by atoms with Crippen LogP contribution in [-0.4, -0.2) is 14.5 Å². The maximum absolute atomic E-state index is 13.1. The molecule has 0 aliphatic carbocycles. The average molecular weight is 312 g/mol. The minimum Gasteiger partial charge on any atom is -0.342 e. The number of nitrogens with zero attached hydrogens (tertiary/aromatic N) is 3. The van der Waals surface area contributed by atoms with Gasteiger partial charge in [0.1, 0.15) is 11.3 Å². The van der Waals surface area contributed by atoms with Crippen LogP contribution in [0.3, 0.4) is 0 Å². The molecule has 0 unspecified atom stereocenters. The van der Waals surface area contributed by atoms with Crippen LogP contribution >= 0.6 is 11.6 Å². The van der Waals surface area contributed by atoms with Gasteiger partial charge >= 0.3 is 6.18 Å². The third kappa shape index (κ3) is 2.35. The van der Waals surface area contributed by atoms with Crippen LogP contribution in [0.1, 0.15) is 5.56 Å². The van der Waals surface area contributed by atoms with Crippen molar-refractivity contribution >= 4 is 22.5 Å². The first-order valence-electron chi connectivity index (χ1n) is 6.02. The lowest BCUT2D eigenvalue weighted by Gasteiger charge is -2.12. The molecule has 0 spiro atoms. The summed E-state index contributed by atoms with van der Waals surface area (Å²) in [6.07, 6.45) is -3.83. The van der Waals surface area contributed by atoms with Crippen molar-refractivity contribution in [2.75, 3.05) is 0 Å². The van der Waals surface area contributed by atoms with Crippen molar-refractivity contribution in [2.45, 2.75) is 6.18 Å². The molecule has 0 amide bonds. The second-order valence-electron chi connectivity index (χ2n) is 4.55. The predicted octanol–water partition coefficient (Wildman–Crippen LogP) is 4.31. The molecule has 0 N–H and O–H groups in total. The first kappa shape index (κ1) is 13.9. The van der Waals surface area contributed by atoms with E-state index in [-0.39, 0.29) is 11.0 Å². The van der Waals surface area contributed by atoms with Crippen LogP contribution in [0.4, 0.5) is 13.2 Å². The topological polar surface area (TPSA) is 30.7 Å².